The fourth-order valence-electron chi connectivity index (χ4n) is 2.80. The third-order valence-corrected chi connectivity index (χ3v) is 3.84. The van der Waals surface area contributed by atoms with Crippen molar-refractivity contribution in [1.82, 2.24) is 15.3 Å². The van der Waals surface area contributed by atoms with Crippen LogP contribution in [-0.4, -0.2) is 34.8 Å². The first kappa shape index (κ1) is 21.5. The Bertz CT molecular complexity index is 795. The van der Waals surface area contributed by atoms with Crippen LogP contribution in [0.5, 0.6) is 0 Å². The first-order chi connectivity index (χ1) is 13.1. The molecule has 7 heteroatoms. The van der Waals surface area contributed by atoms with Crippen molar-refractivity contribution < 1.29 is 9.53 Å². The van der Waals surface area contributed by atoms with Crippen LogP contribution >= 0.6 is 0 Å². The number of unbranched alkanes of at least 4 members (excludes halogenated alkanes) is 1. The summed E-state index contributed by atoms with van der Waals surface area (Å²) < 4.78 is 5.20. The van der Waals surface area contributed by atoms with E-state index in [1.54, 1.807) is 0 Å². The number of anilines is 2. The number of carbonyl (C=O) groups excluding carboxylic acids is 1. The quantitative estimate of drug-likeness (QED) is 0.621. The van der Waals surface area contributed by atoms with Gasteiger partial charge in [0, 0.05) is 24.7 Å². The molecule has 0 bridgehead atoms. The number of rotatable bonds is 7. The van der Waals surface area contributed by atoms with E-state index in [1.165, 1.54) is 11.1 Å². The molecule has 28 heavy (non-hydrogen) atoms. The van der Waals surface area contributed by atoms with Gasteiger partial charge >= 0.3 is 6.09 Å². The fraction of sp³-hybridized carbons (Fsp3) is 0.476. The van der Waals surface area contributed by atoms with Gasteiger partial charge in [0.25, 0.3) is 0 Å². The van der Waals surface area contributed by atoms with E-state index in [9.17, 15) is 4.79 Å². The number of amides is 1. The summed E-state index contributed by atoms with van der Waals surface area (Å²) in [4.78, 5) is 20.2. The van der Waals surface area contributed by atoms with Crippen molar-refractivity contribution in [1.29, 1.82) is 0 Å². The lowest BCUT2D eigenvalue weighted by Crippen LogP contribution is -2.33. The summed E-state index contributed by atoms with van der Waals surface area (Å²) >= 11 is 0. The van der Waals surface area contributed by atoms with E-state index in [0.717, 1.165) is 30.6 Å². The first-order valence-electron chi connectivity index (χ1n) is 9.56. The predicted octanol–water partition coefficient (Wildman–Crippen LogP) is 4.06. The van der Waals surface area contributed by atoms with Crippen molar-refractivity contribution in [3.8, 4) is 11.3 Å². The Balaban J connectivity index is 1.83. The molecule has 0 aliphatic rings. The molecule has 0 atom stereocenters. The molecule has 1 aromatic heterocycles. The second-order valence-electron chi connectivity index (χ2n) is 7.94. The highest BCUT2D eigenvalue weighted by Crippen LogP contribution is 2.23. The molecular weight excluding hydrogens is 354 g/mol. The number of benzene rings is 1. The largest absolute Gasteiger partial charge is 0.444 e. The normalized spacial score (nSPS) is 11.2. The summed E-state index contributed by atoms with van der Waals surface area (Å²) in [6.07, 6.45) is 1.32. The maximum Gasteiger partial charge on any atom is 0.407 e. The summed E-state index contributed by atoms with van der Waals surface area (Å²) in [6, 6.07) is 8.20. The van der Waals surface area contributed by atoms with Gasteiger partial charge in [0.05, 0.1) is 5.69 Å². The number of nitrogens with zero attached hydrogens (tertiary/aromatic N) is 2. The first-order valence-corrected chi connectivity index (χ1v) is 9.56. The number of carbonyl (C=O) groups is 1. The number of nitrogens with one attached hydrogen (secondary N) is 2. The third kappa shape index (κ3) is 7.42. The molecule has 0 spiro atoms. The van der Waals surface area contributed by atoms with Gasteiger partial charge in [-0.25, -0.2) is 9.78 Å². The summed E-state index contributed by atoms with van der Waals surface area (Å²) in [6.45, 7) is 10.9. The SMILES string of the molecule is Cc1cc(C)cc(-c2cc(NCCCCNC(=O)OC(C)(C)C)nc(N)n2)c1. The van der Waals surface area contributed by atoms with Crippen molar-refractivity contribution in [2.45, 2.75) is 53.1 Å². The zero-order valence-corrected chi connectivity index (χ0v) is 17.4. The van der Waals surface area contributed by atoms with Crippen LogP contribution in [0.25, 0.3) is 11.3 Å². The van der Waals surface area contributed by atoms with E-state index in [1.807, 2.05) is 26.8 Å². The topological polar surface area (TPSA) is 102 Å². The Morgan fingerprint density at radius 1 is 1.04 bits per heavy atom. The Hall–Kier alpha value is -2.83. The van der Waals surface area contributed by atoms with E-state index < -0.39 is 5.60 Å². The molecule has 0 saturated carbocycles. The number of aryl methyl sites for hydroxylation is 2. The molecule has 2 rings (SSSR count). The lowest BCUT2D eigenvalue weighted by Gasteiger charge is -2.19. The molecule has 4 N–H and O–H groups in total. The molecule has 2 aromatic rings. The highest BCUT2D eigenvalue weighted by Gasteiger charge is 2.15. The van der Waals surface area contributed by atoms with Gasteiger partial charge in [-0.3, -0.25) is 0 Å². The standard InChI is InChI=1S/C21H31N5O2/c1-14-10-15(2)12-16(11-14)17-13-18(26-19(22)25-17)23-8-6-7-9-24-20(27)28-21(3,4)5/h10-13H,6-9H2,1-5H3,(H,24,27)(H3,22,23,25,26). The number of aromatic nitrogens is 2. The number of nitrogen functional groups attached to an aromatic ring is 1. The molecule has 0 saturated heterocycles. The zero-order chi connectivity index (χ0) is 20.7. The van der Waals surface area contributed by atoms with E-state index in [2.05, 4.69) is 52.6 Å². The maximum absolute atomic E-state index is 11.6. The number of hydrogen-bond donors (Lipinski definition) is 3. The number of hydrogen-bond acceptors (Lipinski definition) is 6. The molecule has 0 radical (unpaired) electrons. The smallest absolute Gasteiger partial charge is 0.407 e. The summed E-state index contributed by atoms with van der Waals surface area (Å²) in [5, 5.41) is 6.03. The molecule has 1 heterocycles. The third-order valence-electron chi connectivity index (χ3n) is 3.84. The van der Waals surface area contributed by atoms with Gasteiger partial charge in [-0.1, -0.05) is 17.2 Å². The maximum atomic E-state index is 11.6. The molecule has 7 nitrogen and oxygen atoms in total. The highest BCUT2D eigenvalue weighted by molar-refractivity contribution is 5.67. The van der Waals surface area contributed by atoms with Gasteiger partial charge in [0.15, 0.2) is 0 Å². The average molecular weight is 386 g/mol. The lowest BCUT2D eigenvalue weighted by molar-refractivity contribution is 0.0527. The molecule has 0 unspecified atom stereocenters. The zero-order valence-electron chi connectivity index (χ0n) is 17.4. The minimum atomic E-state index is -0.480. The molecule has 1 amide bonds. The van der Waals surface area contributed by atoms with Crippen LogP contribution in [0.1, 0.15) is 44.7 Å². The van der Waals surface area contributed by atoms with Crippen LogP contribution < -0.4 is 16.4 Å². The fourth-order valence-corrected chi connectivity index (χ4v) is 2.80. The monoisotopic (exact) mass is 385 g/mol. The molecule has 152 valence electrons. The van der Waals surface area contributed by atoms with Crippen LogP contribution in [0.3, 0.4) is 0 Å². The van der Waals surface area contributed by atoms with Gasteiger partial charge in [-0.2, -0.15) is 4.98 Å². The summed E-state index contributed by atoms with van der Waals surface area (Å²) in [5.41, 5.74) is 9.59. The number of nitrogens with two attached hydrogens (primary N) is 1. The van der Waals surface area contributed by atoms with Crippen LogP contribution in [0.4, 0.5) is 16.6 Å². The predicted molar refractivity (Wildman–Crippen MR) is 113 cm³/mol. The Morgan fingerprint density at radius 3 is 2.32 bits per heavy atom. The van der Waals surface area contributed by atoms with E-state index >= 15 is 0 Å². The molecular formula is C21H31N5O2. The van der Waals surface area contributed by atoms with Crippen LogP contribution in [0.15, 0.2) is 24.3 Å². The molecule has 0 aliphatic carbocycles. The summed E-state index contributed by atoms with van der Waals surface area (Å²) in [7, 11) is 0. The van der Waals surface area contributed by atoms with E-state index in [0.29, 0.717) is 12.4 Å². The van der Waals surface area contributed by atoms with E-state index in [-0.39, 0.29) is 12.0 Å². The van der Waals surface area contributed by atoms with Crippen LogP contribution in [0, 0.1) is 13.8 Å². The molecule has 1 aromatic carbocycles. The highest BCUT2D eigenvalue weighted by atomic mass is 16.6. The van der Waals surface area contributed by atoms with Crippen LogP contribution in [0.2, 0.25) is 0 Å². The van der Waals surface area contributed by atoms with Gasteiger partial charge in [-0.15, -0.1) is 0 Å². The van der Waals surface area contributed by atoms with Crippen molar-refractivity contribution in [2.75, 3.05) is 24.1 Å². The van der Waals surface area contributed by atoms with Gasteiger partial charge in [0.2, 0.25) is 5.95 Å². The van der Waals surface area contributed by atoms with E-state index in [4.69, 9.17) is 10.5 Å². The Kier molecular flexibility index (Phi) is 7.20. The molecule has 0 fully saturated rings. The van der Waals surface area contributed by atoms with Gasteiger partial charge in [0.1, 0.15) is 11.4 Å². The minimum absolute atomic E-state index is 0.241. The van der Waals surface area contributed by atoms with Crippen LogP contribution in [-0.2, 0) is 4.74 Å². The van der Waals surface area contributed by atoms with Crippen molar-refractivity contribution in [3.63, 3.8) is 0 Å². The van der Waals surface area contributed by atoms with Gasteiger partial charge in [-0.05, 0) is 59.6 Å². The average Bonchev–Trinajstić information content (AvgIpc) is 2.55. The lowest BCUT2D eigenvalue weighted by atomic mass is 10.0. The second kappa shape index (κ2) is 9.39. The molecule has 0 aliphatic heterocycles. The Morgan fingerprint density at radius 2 is 1.68 bits per heavy atom. The number of ether oxygens (including phenoxy) is 1. The van der Waals surface area contributed by atoms with Gasteiger partial charge < -0.3 is 21.1 Å². The summed E-state index contributed by atoms with van der Waals surface area (Å²) in [5.74, 6) is 0.938. The second-order valence-corrected chi connectivity index (χ2v) is 7.94. The number of alkyl carbamates (subject to hydrolysis) is 1. The van der Waals surface area contributed by atoms with Crippen molar-refractivity contribution in [3.05, 3.63) is 35.4 Å². The van der Waals surface area contributed by atoms with Crippen molar-refractivity contribution >= 4 is 17.9 Å². The minimum Gasteiger partial charge on any atom is -0.444 e. The van der Waals surface area contributed by atoms with Crippen molar-refractivity contribution in [2.24, 2.45) is 0 Å². The Labute approximate surface area is 167 Å².